The summed E-state index contributed by atoms with van der Waals surface area (Å²) in [5.41, 5.74) is 6.77. The first-order valence-electron chi connectivity index (χ1n) is 9.27. The molecule has 3 N–H and O–H groups in total. The van der Waals surface area contributed by atoms with Crippen LogP contribution in [0.15, 0.2) is 30.3 Å². The van der Waals surface area contributed by atoms with Gasteiger partial charge in [-0.2, -0.15) is 0 Å². The number of rotatable bonds is 5. The van der Waals surface area contributed by atoms with E-state index in [1.807, 2.05) is 6.07 Å². The molecule has 0 aromatic heterocycles. The van der Waals surface area contributed by atoms with E-state index in [1.54, 1.807) is 0 Å². The molecular weight excluding hydrogens is 316 g/mol. The molecule has 2 saturated heterocycles. The van der Waals surface area contributed by atoms with Gasteiger partial charge in [0.25, 0.3) is 0 Å². The van der Waals surface area contributed by atoms with E-state index in [0.717, 1.165) is 32.7 Å². The lowest BCUT2D eigenvalue weighted by Gasteiger charge is -2.38. The van der Waals surface area contributed by atoms with Gasteiger partial charge in [-0.1, -0.05) is 18.2 Å². The Morgan fingerprint density at radius 2 is 1.84 bits per heavy atom. The third kappa shape index (κ3) is 4.71. The van der Waals surface area contributed by atoms with Crippen molar-refractivity contribution < 1.29 is 9.53 Å². The van der Waals surface area contributed by atoms with Gasteiger partial charge in [-0.05, 0) is 31.9 Å². The van der Waals surface area contributed by atoms with Gasteiger partial charge in [0.1, 0.15) is 0 Å². The van der Waals surface area contributed by atoms with E-state index in [9.17, 15) is 4.79 Å². The fourth-order valence-electron chi connectivity index (χ4n) is 3.59. The van der Waals surface area contributed by atoms with Gasteiger partial charge < -0.3 is 20.7 Å². The van der Waals surface area contributed by atoms with E-state index < -0.39 is 5.54 Å². The number of nitrogens with two attached hydrogens (primary N) is 1. The number of carbonyl (C=O) groups is 1. The van der Waals surface area contributed by atoms with Crippen molar-refractivity contribution in [2.24, 2.45) is 5.73 Å². The normalized spacial score (nSPS) is 22.4. The molecule has 1 aromatic rings. The number of ether oxygens (including phenoxy) is 1. The first kappa shape index (κ1) is 18.2. The van der Waals surface area contributed by atoms with Gasteiger partial charge in [-0.25, -0.2) is 0 Å². The SMILES string of the molecule is CC(CN1CCN(c2ccccc2)CC1)NC(=O)C1(N)CCOCC1. The van der Waals surface area contributed by atoms with Crippen molar-refractivity contribution in [3.05, 3.63) is 30.3 Å². The molecule has 6 nitrogen and oxygen atoms in total. The summed E-state index contributed by atoms with van der Waals surface area (Å²) < 4.78 is 5.32. The molecule has 25 heavy (non-hydrogen) atoms. The van der Waals surface area contributed by atoms with Crippen LogP contribution in [0.2, 0.25) is 0 Å². The lowest BCUT2D eigenvalue weighted by molar-refractivity contribution is -0.130. The standard InChI is InChI=1S/C19H30N4O2/c1-16(21-18(24)19(20)7-13-25-14-8-19)15-22-9-11-23(12-10-22)17-5-3-2-4-6-17/h2-6,16H,7-15,20H2,1H3,(H,21,24). The average molecular weight is 346 g/mol. The molecule has 2 aliphatic heterocycles. The maximum absolute atomic E-state index is 12.5. The van der Waals surface area contributed by atoms with Gasteiger partial charge >= 0.3 is 0 Å². The molecule has 138 valence electrons. The summed E-state index contributed by atoms with van der Waals surface area (Å²) in [6, 6.07) is 10.6. The summed E-state index contributed by atoms with van der Waals surface area (Å²) in [7, 11) is 0. The topological polar surface area (TPSA) is 70.8 Å². The Morgan fingerprint density at radius 3 is 2.48 bits per heavy atom. The highest BCUT2D eigenvalue weighted by Gasteiger charge is 2.36. The van der Waals surface area contributed by atoms with E-state index in [-0.39, 0.29) is 11.9 Å². The van der Waals surface area contributed by atoms with Crippen LogP contribution in [0.25, 0.3) is 0 Å². The van der Waals surface area contributed by atoms with Crippen LogP contribution in [-0.2, 0) is 9.53 Å². The Labute approximate surface area is 150 Å². The number of piperazine rings is 1. The zero-order valence-corrected chi connectivity index (χ0v) is 15.1. The minimum atomic E-state index is -0.765. The van der Waals surface area contributed by atoms with Gasteiger partial charge in [0.2, 0.25) is 5.91 Å². The number of hydrogen-bond acceptors (Lipinski definition) is 5. The first-order chi connectivity index (χ1) is 12.1. The smallest absolute Gasteiger partial charge is 0.240 e. The second-order valence-electron chi connectivity index (χ2n) is 7.27. The lowest BCUT2D eigenvalue weighted by Crippen LogP contribution is -2.60. The van der Waals surface area contributed by atoms with E-state index in [4.69, 9.17) is 10.5 Å². The quantitative estimate of drug-likeness (QED) is 0.826. The molecule has 6 heteroatoms. The van der Waals surface area contributed by atoms with Gasteiger partial charge in [-0.3, -0.25) is 9.69 Å². The first-order valence-corrected chi connectivity index (χ1v) is 9.27. The van der Waals surface area contributed by atoms with Gasteiger partial charge in [0.15, 0.2) is 0 Å². The maximum Gasteiger partial charge on any atom is 0.240 e. The summed E-state index contributed by atoms with van der Waals surface area (Å²) >= 11 is 0. The Kier molecular flexibility index (Phi) is 5.93. The highest BCUT2D eigenvalue weighted by atomic mass is 16.5. The van der Waals surface area contributed by atoms with Crippen molar-refractivity contribution in [1.82, 2.24) is 10.2 Å². The van der Waals surface area contributed by atoms with Crippen LogP contribution in [0.1, 0.15) is 19.8 Å². The average Bonchev–Trinajstić information content (AvgIpc) is 2.63. The molecule has 2 heterocycles. The lowest BCUT2D eigenvalue weighted by atomic mass is 9.90. The van der Waals surface area contributed by atoms with Crippen LogP contribution in [0.4, 0.5) is 5.69 Å². The predicted molar refractivity (Wildman–Crippen MR) is 99.7 cm³/mol. The number of anilines is 1. The summed E-state index contributed by atoms with van der Waals surface area (Å²) in [4.78, 5) is 17.3. The van der Waals surface area contributed by atoms with Crippen molar-refractivity contribution in [2.75, 3.05) is 50.8 Å². The fraction of sp³-hybridized carbons (Fsp3) is 0.632. The Bertz CT molecular complexity index is 552. The Hall–Kier alpha value is -1.63. The van der Waals surface area contributed by atoms with Gasteiger partial charge in [0, 0.05) is 57.7 Å². The third-order valence-electron chi connectivity index (χ3n) is 5.24. The van der Waals surface area contributed by atoms with Gasteiger partial charge in [0.05, 0.1) is 5.54 Å². The third-order valence-corrected chi connectivity index (χ3v) is 5.24. The van der Waals surface area contributed by atoms with Crippen molar-refractivity contribution in [1.29, 1.82) is 0 Å². The molecule has 0 radical (unpaired) electrons. The van der Waals surface area contributed by atoms with Crippen LogP contribution in [-0.4, -0.2) is 68.3 Å². The molecular formula is C19H30N4O2. The number of benzene rings is 1. The highest BCUT2D eigenvalue weighted by Crippen LogP contribution is 2.18. The van der Waals surface area contributed by atoms with Crippen LogP contribution >= 0.6 is 0 Å². The molecule has 1 unspecified atom stereocenters. The summed E-state index contributed by atoms with van der Waals surface area (Å²) in [5, 5.41) is 3.11. The number of amides is 1. The maximum atomic E-state index is 12.5. The van der Waals surface area contributed by atoms with Crippen LogP contribution in [0, 0.1) is 0 Å². The number of carbonyl (C=O) groups excluding carboxylic acids is 1. The van der Waals surface area contributed by atoms with Crippen molar-refractivity contribution >= 4 is 11.6 Å². The van der Waals surface area contributed by atoms with Crippen LogP contribution in [0.3, 0.4) is 0 Å². The van der Waals surface area contributed by atoms with Crippen LogP contribution in [0.5, 0.6) is 0 Å². The van der Waals surface area contributed by atoms with Crippen molar-refractivity contribution in [3.63, 3.8) is 0 Å². The molecule has 2 aliphatic rings. The minimum absolute atomic E-state index is 0.0359. The molecule has 1 amide bonds. The van der Waals surface area contributed by atoms with Crippen LogP contribution < -0.4 is 16.0 Å². The molecule has 0 spiro atoms. The largest absolute Gasteiger partial charge is 0.381 e. The fourth-order valence-corrected chi connectivity index (χ4v) is 3.59. The van der Waals surface area contributed by atoms with Gasteiger partial charge in [-0.15, -0.1) is 0 Å². The monoisotopic (exact) mass is 346 g/mol. The zero-order valence-electron chi connectivity index (χ0n) is 15.1. The summed E-state index contributed by atoms with van der Waals surface area (Å²) in [6.07, 6.45) is 1.20. The Balaban J connectivity index is 1.43. The van der Waals surface area contributed by atoms with E-state index >= 15 is 0 Å². The van der Waals surface area contributed by atoms with E-state index in [0.29, 0.717) is 26.1 Å². The molecule has 0 saturated carbocycles. The molecule has 1 aromatic carbocycles. The molecule has 3 rings (SSSR count). The van der Waals surface area contributed by atoms with E-state index in [2.05, 4.69) is 46.3 Å². The zero-order chi connectivity index (χ0) is 17.7. The second-order valence-corrected chi connectivity index (χ2v) is 7.27. The molecule has 0 aliphatic carbocycles. The number of para-hydroxylation sites is 1. The van der Waals surface area contributed by atoms with Crippen molar-refractivity contribution in [2.45, 2.75) is 31.3 Å². The Morgan fingerprint density at radius 1 is 1.20 bits per heavy atom. The number of nitrogens with zero attached hydrogens (tertiary/aromatic N) is 2. The van der Waals surface area contributed by atoms with E-state index in [1.165, 1.54) is 5.69 Å². The summed E-state index contributed by atoms with van der Waals surface area (Å²) in [6.45, 7) is 8.11. The number of hydrogen-bond donors (Lipinski definition) is 2. The molecule has 2 fully saturated rings. The molecule has 0 bridgehead atoms. The predicted octanol–water partition coefficient (Wildman–Crippen LogP) is 0.821. The van der Waals surface area contributed by atoms with Crippen molar-refractivity contribution in [3.8, 4) is 0 Å². The summed E-state index contributed by atoms with van der Waals surface area (Å²) in [5.74, 6) is -0.0359. The number of nitrogens with one attached hydrogen (secondary N) is 1. The second kappa shape index (κ2) is 8.17. The molecule has 1 atom stereocenters. The minimum Gasteiger partial charge on any atom is -0.381 e. The highest BCUT2D eigenvalue weighted by molar-refractivity contribution is 5.86.